The van der Waals surface area contributed by atoms with Gasteiger partial charge in [0.25, 0.3) is 0 Å². The number of rotatable bonds is 3. The average molecular weight is 273 g/mol. The Kier molecular flexibility index (Phi) is 3.53. The smallest absolute Gasteiger partial charge is 0.246 e. The van der Waals surface area contributed by atoms with Crippen molar-refractivity contribution in [3.63, 3.8) is 0 Å². The van der Waals surface area contributed by atoms with E-state index in [1.54, 1.807) is 6.92 Å². The predicted octanol–water partition coefficient (Wildman–Crippen LogP) is 1.36. The van der Waals surface area contributed by atoms with Crippen molar-refractivity contribution in [2.24, 2.45) is 11.8 Å². The molecule has 18 heavy (non-hydrogen) atoms. The highest BCUT2D eigenvalue weighted by molar-refractivity contribution is 7.89. The fraction of sp³-hybridized carbons (Fsp3) is 0.667. The lowest BCUT2D eigenvalue weighted by molar-refractivity contribution is 0.244. The fourth-order valence-corrected chi connectivity index (χ4v) is 4.10. The SMILES string of the molecule is Cc1oc(CO)cc1S(=O)(=O)N1CC(C)C(C)C1. The van der Waals surface area contributed by atoms with E-state index in [9.17, 15) is 8.42 Å². The second-order valence-electron chi connectivity index (χ2n) is 5.07. The Morgan fingerprint density at radius 3 is 2.39 bits per heavy atom. The first-order valence-corrected chi connectivity index (χ1v) is 7.50. The van der Waals surface area contributed by atoms with Gasteiger partial charge in [0.1, 0.15) is 23.0 Å². The Labute approximate surface area is 107 Å². The summed E-state index contributed by atoms with van der Waals surface area (Å²) >= 11 is 0. The summed E-state index contributed by atoms with van der Waals surface area (Å²) in [6.45, 7) is 6.52. The second-order valence-corrected chi connectivity index (χ2v) is 6.97. The van der Waals surface area contributed by atoms with Gasteiger partial charge in [0.05, 0.1) is 0 Å². The van der Waals surface area contributed by atoms with Crippen LogP contribution in [0.4, 0.5) is 0 Å². The van der Waals surface area contributed by atoms with Crippen LogP contribution < -0.4 is 0 Å². The lowest BCUT2D eigenvalue weighted by Gasteiger charge is -2.15. The Morgan fingerprint density at radius 1 is 1.39 bits per heavy atom. The van der Waals surface area contributed by atoms with Crippen molar-refractivity contribution in [3.8, 4) is 0 Å². The van der Waals surface area contributed by atoms with Crippen molar-refractivity contribution < 1.29 is 17.9 Å². The third-order valence-electron chi connectivity index (χ3n) is 3.65. The van der Waals surface area contributed by atoms with E-state index in [4.69, 9.17) is 9.52 Å². The molecule has 0 bridgehead atoms. The highest BCUT2D eigenvalue weighted by atomic mass is 32.2. The zero-order chi connectivity index (χ0) is 13.5. The molecule has 1 aliphatic heterocycles. The Morgan fingerprint density at radius 2 is 1.94 bits per heavy atom. The van der Waals surface area contributed by atoms with Gasteiger partial charge in [-0.2, -0.15) is 4.31 Å². The van der Waals surface area contributed by atoms with Crippen LogP contribution in [0, 0.1) is 18.8 Å². The van der Waals surface area contributed by atoms with Crippen LogP contribution in [0.15, 0.2) is 15.4 Å². The normalized spacial score (nSPS) is 25.8. The van der Waals surface area contributed by atoms with Gasteiger partial charge in [-0.05, 0) is 18.8 Å². The maximum atomic E-state index is 12.5. The number of furan rings is 1. The number of hydrogen-bond donors (Lipinski definition) is 1. The molecule has 5 nitrogen and oxygen atoms in total. The average Bonchev–Trinajstić information content (AvgIpc) is 2.84. The van der Waals surface area contributed by atoms with E-state index < -0.39 is 10.0 Å². The second kappa shape index (κ2) is 4.68. The molecule has 1 fully saturated rings. The molecule has 1 aromatic heterocycles. The van der Waals surface area contributed by atoms with E-state index in [0.29, 0.717) is 30.7 Å². The minimum Gasteiger partial charge on any atom is -0.462 e. The van der Waals surface area contributed by atoms with Gasteiger partial charge in [-0.3, -0.25) is 0 Å². The lowest BCUT2D eigenvalue weighted by atomic mass is 10.0. The van der Waals surface area contributed by atoms with Crippen molar-refractivity contribution in [1.29, 1.82) is 0 Å². The summed E-state index contributed by atoms with van der Waals surface area (Å²) < 4.78 is 31.6. The predicted molar refractivity (Wildman–Crippen MR) is 66.5 cm³/mol. The van der Waals surface area contributed by atoms with Crippen LogP contribution >= 0.6 is 0 Å². The third-order valence-corrected chi connectivity index (χ3v) is 5.59. The monoisotopic (exact) mass is 273 g/mol. The molecule has 1 N–H and O–H groups in total. The summed E-state index contributed by atoms with van der Waals surface area (Å²) in [7, 11) is -3.50. The first-order chi connectivity index (χ1) is 8.36. The van der Waals surface area contributed by atoms with Gasteiger partial charge in [-0.1, -0.05) is 13.8 Å². The molecular formula is C12H19NO4S. The van der Waals surface area contributed by atoms with Crippen LogP contribution in [0.2, 0.25) is 0 Å². The van der Waals surface area contributed by atoms with Crippen molar-refractivity contribution in [3.05, 3.63) is 17.6 Å². The standard InChI is InChI=1S/C12H19NO4S/c1-8-5-13(6-9(8)2)18(15,16)12-4-11(7-14)17-10(12)3/h4,8-9,14H,5-7H2,1-3H3. The molecule has 1 saturated heterocycles. The molecule has 0 amide bonds. The minimum atomic E-state index is -3.50. The highest BCUT2D eigenvalue weighted by Crippen LogP contribution is 2.30. The molecule has 0 spiro atoms. The van der Waals surface area contributed by atoms with E-state index in [2.05, 4.69) is 13.8 Å². The van der Waals surface area contributed by atoms with Gasteiger partial charge in [-0.15, -0.1) is 0 Å². The Hall–Kier alpha value is -0.850. The molecule has 102 valence electrons. The summed E-state index contributed by atoms with van der Waals surface area (Å²) in [6.07, 6.45) is 0. The fourth-order valence-electron chi connectivity index (χ4n) is 2.27. The molecule has 2 unspecified atom stereocenters. The zero-order valence-corrected chi connectivity index (χ0v) is 11.7. The molecule has 2 rings (SSSR count). The van der Waals surface area contributed by atoms with Crippen LogP contribution in [0.3, 0.4) is 0 Å². The van der Waals surface area contributed by atoms with Gasteiger partial charge in [0, 0.05) is 19.2 Å². The number of aryl methyl sites for hydroxylation is 1. The highest BCUT2D eigenvalue weighted by Gasteiger charge is 2.36. The molecule has 0 aromatic carbocycles. The van der Waals surface area contributed by atoms with E-state index in [1.807, 2.05) is 0 Å². The number of aliphatic hydroxyl groups is 1. The molecule has 1 aliphatic rings. The van der Waals surface area contributed by atoms with Gasteiger partial charge < -0.3 is 9.52 Å². The van der Waals surface area contributed by atoms with Crippen LogP contribution in [0.25, 0.3) is 0 Å². The first-order valence-electron chi connectivity index (χ1n) is 6.06. The molecule has 0 aliphatic carbocycles. The summed E-state index contributed by atoms with van der Waals surface area (Å²) in [5, 5.41) is 8.99. The number of nitrogens with zero attached hydrogens (tertiary/aromatic N) is 1. The number of aliphatic hydroxyl groups excluding tert-OH is 1. The summed E-state index contributed by atoms with van der Waals surface area (Å²) in [5.41, 5.74) is 0. The number of sulfonamides is 1. The van der Waals surface area contributed by atoms with Crippen molar-refractivity contribution >= 4 is 10.0 Å². The lowest BCUT2D eigenvalue weighted by Crippen LogP contribution is -2.29. The minimum absolute atomic E-state index is 0.174. The van der Waals surface area contributed by atoms with Crippen LogP contribution in [0.1, 0.15) is 25.4 Å². The summed E-state index contributed by atoms with van der Waals surface area (Å²) in [6, 6.07) is 1.42. The largest absolute Gasteiger partial charge is 0.462 e. The molecule has 0 radical (unpaired) electrons. The van der Waals surface area contributed by atoms with Crippen molar-refractivity contribution in [1.82, 2.24) is 4.31 Å². The van der Waals surface area contributed by atoms with Crippen LogP contribution in [-0.2, 0) is 16.6 Å². The zero-order valence-electron chi connectivity index (χ0n) is 10.9. The number of hydrogen-bond acceptors (Lipinski definition) is 4. The van der Waals surface area contributed by atoms with E-state index in [1.165, 1.54) is 10.4 Å². The maximum absolute atomic E-state index is 12.5. The maximum Gasteiger partial charge on any atom is 0.246 e. The molecule has 6 heteroatoms. The van der Waals surface area contributed by atoms with E-state index in [-0.39, 0.29) is 17.3 Å². The Balaban J connectivity index is 2.34. The summed E-state index contributed by atoms with van der Waals surface area (Å²) in [4.78, 5) is 0.174. The first kappa shape index (κ1) is 13.6. The van der Waals surface area contributed by atoms with Gasteiger partial charge in [-0.25, -0.2) is 8.42 Å². The van der Waals surface area contributed by atoms with Gasteiger partial charge in [0.2, 0.25) is 10.0 Å². The molecule has 2 heterocycles. The molecule has 1 aromatic rings. The quantitative estimate of drug-likeness (QED) is 0.902. The van der Waals surface area contributed by atoms with Crippen LogP contribution in [0.5, 0.6) is 0 Å². The van der Waals surface area contributed by atoms with Crippen LogP contribution in [-0.4, -0.2) is 30.9 Å². The summed E-state index contributed by atoms with van der Waals surface area (Å²) in [5.74, 6) is 1.35. The third kappa shape index (κ3) is 2.20. The molecular weight excluding hydrogens is 254 g/mol. The van der Waals surface area contributed by atoms with Gasteiger partial charge in [0.15, 0.2) is 0 Å². The molecule has 0 saturated carbocycles. The Bertz CT molecular complexity index is 524. The molecule has 2 atom stereocenters. The van der Waals surface area contributed by atoms with E-state index in [0.717, 1.165) is 0 Å². The van der Waals surface area contributed by atoms with E-state index >= 15 is 0 Å². The topological polar surface area (TPSA) is 70.8 Å². The van der Waals surface area contributed by atoms with Crippen molar-refractivity contribution in [2.45, 2.75) is 32.3 Å². The van der Waals surface area contributed by atoms with Gasteiger partial charge >= 0.3 is 0 Å². The van der Waals surface area contributed by atoms with Crippen molar-refractivity contribution in [2.75, 3.05) is 13.1 Å².